The molecule has 1 aliphatic heterocycles. The summed E-state index contributed by atoms with van der Waals surface area (Å²) < 4.78 is 9.22. The SMILES string of the molecule is COC(=O)[C@@H]1[C@@H](C)OC(=O)[C@@H]1N. The van der Waals surface area contributed by atoms with Crippen molar-refractivity contribution in [3.63, 3.8) is 0 Å². The number of carbonyl (C=O) groups is 2. The van der Waals surface area contributed by atoms with Gasteiger partial charge in [-0.3, -0.25) is 9.59 Å². The van der Waals surface area contributed by atoms with E-state index in [2.05, 4.69) is 4.74 Å². The number of rotatable bonds is 1. The molecule has 0 aliphatic carbocycles. The number of esters is 2. The van der Waals surface area contributed by atoms with E-state index in [1.807, 2.05) is 0 Å². The topological polar surface area (TPSA) is 78.6 Å². The molecule has 0 unspecified atom stereocenters. The van der Waals surface area contributed by atoms with Gasteiger partial charge < -0.3 is 15.2 Å². The fraction of sp³-hybridized carbons (Fsp3) is 0.714. The molecule has 3 atom stereocenters. The van der Waals surface area contributed by atoms with Gasteiger partial charge in [0, 0.05) is 0 Å². The van der Waals surface area contributed by atoms with Crippen molar-refractivity contribution in [3.8, 4) is 0 Å². The highest BCUT2D eigenvalue weighted by Gasteiger charge is 2.45. The van der Waals surface area contributed by atoms with Crippen LogP contribution in [0.25, 0.3) is 0 Å². The van der Waals surface area contributed by atoms with Gasteiger partial charge in [-0.1, -0.05) is 0 Å². The normalized spacial score (nSPS) is 34.6. The van der Waals surface area contributed by atoms with Crippen molar-refractivity contribution in [2.45, 2.75) is 19.1 Å². The van der Waals surface area contributed by atoms with Crippen molar-refractivity contribution in [1.29, 1.82) is 0 Å². The molecule has 1 rings (SSSR count). The van der Waals surface area contributed by atoms with Crippen LogP contribution in [-0.2, 0) is 19.1 Å². The first-order valence-corrected chi connectivity index (χ1v) is 3.62. The molecule has 1 aliphatic rings. The van der Waals surface area contributed by atoms with Crippen LogP contribution < -0.4 is 5.73 Å². The molecular formula is C7H11NO4. The number of ether oxygens (including phenoxy) is 2. The average molecular weight is 173 g/mol. The Labute approximate surface area is 69.8 Å². The molecule has 0 aromatic carbocycles. The van der Waals surface area contributed by atoms with Gasteiger partial charge in [-0.2, -0.15) is 0 Å². The summed E-state index contributed by atoms with van der Waals surface area (Å²) in [6.45, 7) is 1.62. The fourth-order valence-electron chi connectivity index (χ4n) is 1.25. The number of methoxy groups -OCH3 is 1. The summed E-state index contributed by atoms with van der Waals surface area (Å²) >= 11 is 0. The quantitative estimate of drug-likeness (QED) is 0.517. The molecule has 1 fully saturated rings. The van der Waals surface area contributed by atoms with Crippen LogP contribution in [-0.4, -0.2) is 31.2 Å². The summed E-state index contributed by atoms with van der Waals surface area (Å²) in [4.78, 5) is 21.9. The van der Waals surface area contributed by atoms with Gasteiger partial charge in [0.2, 0.25) is 0 Å². The van der Waals surface area contributed by atoms with Crippen LogP contribution in [0.1, 0.15) is 6.92 Å². The molecule has 0 bridgehead atoms. The van der Waals surface area contributed by atoms with Crippen LogP contribution in [0.4, 0.5) is 0 Å². The Balaban J connectivity index is 2.76. The van der Waals surface area contributed by atoms with E-state index in [9.17, 15) is 9.59 Å². The monoisotopic (exact) mass is 173 g/mol. The van der Waals surface area contributed by atoms with Crippen LogP contribution in [0.15, 0.2) is 0 Å². The minimum absolute atomic E-state index is 0.486. The van der Waals surface area contributed by atoms with Crippen molar-refractivity contribution in [2.75, 3.05) is 7.11 Å². The first-order valence-electron chi connectivity index (χ1n) is 3.62. The van der Waals surface area contributed by atoms with Crippen molar-refractivity contribution in [1.82, 2.24) is 0 Å². The first-order chi connectivity index (χ1) is 5.57. The maximum absolute atomic E-state index is 11.0. The molecular weight excluding hydrogens is 162 g/mol. The van der Waals surface area contributed by atoms with Crippen LogP contribution in [0.5, 0.6) is 0 Å². The summed E-state index contributed by atoms with van der Waals surface area (Å²) in [5.41, 5.74) is 5.41. The maximum atomic E-state index is 11.0. The van der Waals surface area contributed by atoms with Gasteiger partial charge in [0.15, 0.2) is 0 Å². The third-order valence-corrected chi connectivity index (χ3v) is 1.94. The van der Waals surface area contributed by atoms with E-state index in [1.165, 1.54) is 7.11 Å². The Morgan fingerprint density at radius 3 is 2.58 bits per heavy atom. The van der Waals surface area contributed by atoms with Crippen LogP contribution in [0.3, 0.4) is 0 Å². The molecule has 0 amide bonds. The molecule has 0 aromatic rings. The van der Waals surface area contributed by atoms with Crippen molar-refractivity contribution < 1.29 is 19.1 Å². The number of hydrogen-bond donors (Lipinski definition) is 1. The van der Waals surface area contributed by atoms with Crippen molar-refractivity contribution in [2.24, 2.45) is 11.7 Å². The van der Waals surface area contributed by atoms with E-state index < -0.39 is 30.0 Å². The number of cyclic esters (lactones) is 1. The highest BCUT2D eigenvalue weighted by molar-refractivity contribution is 5.87. The third-order valence-electron chi connectivity index (χ3n) is 1.94. The zero-order valence-corrected chi connectivity index (χ0v) is 6.94. The molecule has 0 saturated carbocycles. The molecule has 5 nitrogen and oxygen atoms in total. The van der Waals surface area contributed by atoms with E-state index in [1.54, 1.807) is 6.92 Å². The molecule has 5 heteroatoms. The molecule has 12 heavy (non-hydrogen) atoms. The minimum Gasteiger partial charge on any atom is -0.469 e. The summed E-state index contributed by atoms with van der Waals surface area (Å²) in [5, 5.41) is 0. The maximum Gasteiger partial charge on any atom is 0.324 e. The van der Waals surface area contributed by atoms with E-state index in [-0.39, 0.29) is 0 Å². The Morgan fingerprint density at radius 2 is 2.25 bits per heavy atom. The molecule has 0 spiro atoms. The van der Waals surface area contributed by atoms with Gasteiger partial charge in [-0.25, -0.2) is 0 Å². The van der Waals surface area contributed by atoms with Gasteiger partial charge in [0.05, 0.1) is 7.11 Å². The highest BCUT2D eigenvalue weighted by atomic mass is 16.6. The Kier molecular flexibility index (Phi) is 2.32. The number of nitrogens with two attached hydrogens (primary N) is 1. The molecule has 1 saturated heterocycles. The van der Waals surface area contributed by atoms with E-state index in [0.29, 0.717) is 0 Å². The largest absolute Gasteiger partial charge is 0.469 e. The number of carbonyl (C=O) groups excluding carboxylic acids is 2. The minimum atomic E-state index is -0.882. The summed E-state index contributed by atoms with van der Waals surface area (Å²) in [7, 11) is 1.25. The molecule has 2 N–H and O–H groups in total. The fourth-order valence-corrected chi connectivity index (χ4v) is 1.25. The lowest BCUT2D eigenvalue weighted by Crippen LogP contribution is -2.39. The smallest absolute Gasteiger partial charge is 0.324 e. The lowest BCUT2D eigenvalue weighted by Gasteiger charge is -2.11. The van der Waals surface area contributed by atoms with E-state index in [4.69, 9.17) is 10.5 Å². The molecule has 68 valence electrons. The van der Waals surface area contributed by atoms with Crippen molar-refractivity contribution >= 4 is 11.9 Å². The lowest BCUT2D eigenvalue weighted by atomic mass is 9.99. The van der Waals surface area contributed by atoms with Gasteiger partial charge in [-0.05, 0) is 6.92 Å². The zero-order valence-electron chi connectivity index (χ0n) is 6.94. The molecule has 1 heterocycles. The first kappa shape index (κ1) is 8.99. The second kappa shape index (κ2) is 3.10. The molecule has 0 radical (unpaired) electrons. The van der Waals surface area contributed by atoms with Crippen LogP contribution in [0.2, 0.25) is 0 Å². The van der Waals surface area contributed by atoms with Gasteiger partial charge in [0.1, 0.15) is 18.1 Å². The van der Waals surface area contributed by atoms with E-state index in [0.717, 1.165) is 0 Å². The van der Waals surface area contributed by atoms with Crippen LogP contribution >= 0.6 is 0 Å². The Hall–Kier alpha value is -1.10. The Morgan fingerprint density at radius 1 is 1.67 bits per heavy atom. The average Bonchev–Trinajstić information content (AvgIpc) is 2.26. The standard InChI is InChI=1S/C7H11NO4/c1-3-4(6(9)11-2)5(8)7(10)12-3/h3-5H,8H2,1-2H3/t3-,4-,5-/m1/s1. The zero-order chi connectivity index (χ0) is 9.30. The summed E-state index contributed by atoms with van der Waals surface area (Å²) in [5.74, 6) is -1.71. The van der Waals surface area contributed by atoms with Gasteiger partial charge in [0.25, 0.3) is 0 Å². The Bertz CT molecular complexity index is 215. The van der Waals surface area contributed by atoms with Gasteiger partial charge in [-0.15, -0.1) is 0 Å². The highest BCUT2D eigenvalue weighted by Crippen LogP contribution is 2.21. The van der Waals surface area contributed by atoms with Gasteiger partial charge >= 0.3 is 11.9 Å². The predicted octanol–water partition coefficient (Wildman–Crippen LogP) is -0.952. The third kappa shape index (κ3) is 1.27. The second-order valence-corrected chi connectivity index (χ2v) is 2.72. The summed E-state index contributed by atoms with van der Waals surface area (Å²) in [6.07, 6.45) is -0.486. The second-order valence-electron chi connectivity index (χ2n) is 2.72. The van der Waals surface area contributed by atoms with E-state index >= 15 is 0 Å². The van der Waals surface area contributed by atoms with Crippen molar-refractivity contribution in [3.05, 3.63) is 0 Å². The van der Waals surface area contributed by atoms with Crippen LogP contribution in [0, 0.1) is 5.92 Å². The molecule has 0 aromatic heterocycles. The summed E-state index contributed by atoms with van der Waals surface area (Å²) in [6, 6.07) is -0.882. The number of hydrogen-bond acceptors (Lipinski definition) is 5. The lowest BCUT2D eigenvalue weighted by molar-refractivity contribution is -0.147. The predicted molar refractivity (Wildman–Crippen MR) is 39.0 cm³/mol.